The van der Waals surface area contributed by atoms with Crippen molar-refractivity contribution in [3.63, 3.8) is 0 Å². The van der Waals surface area contributed by atoms with Crippen molar-refractivity contribution in [3.05, 3.63) is 99.4 Å². The summed E-state index contributed by atoms with van der Waals surface area (Å²) in [7, 11) is -3.86. The average Bonchev–Trinajstić information content (AvgIpc) is 2.90. The van der Waals surface area contributed by atoms with Gasteiger partial charge in [-0.15, -0.1) is 0 Å². The normalized spacial score (nSPS) is 12.8. The molecule has 3 aromatic rings. The van der Waals surface area contributed by atoms with Crippen LogP contribution in [0.25, 0.3) is 0 Å². The van der Waals surface area contributed by atoms with E-state index in [1.165, 1.54) is 11.0 Å². The van der Waals surface area contributed by atoms with E-state index in [4.69, 9.17) is 0 Å². The van der Waals surface area contributed by atoms with E-state index in [1.54, 1.807) is 42.5 Å². The number of anilines is 1. The van der Waals surface area contributed by atoms with E-state index >= 15 is 0 Å². The first-order valence-electron chi connectivity index (χ1n) is 12.6. The molecule has 0 fully saturated rings. The second kappa shape index (κ2) is 13.9. The summed E-state index contributed by atoms with van der Waals surface area (Å²) in [4.78, 5) is 28.8. The molecule has 3 aromatic carbocycles. The van der Waals surface area contributed by atoms with Crippen LogP contribution in [-0.2, 0) is 32.6 Å². The van der Waals surface area contributed by atoms with Gasteiger partial charge < -0.3 is 10.2 Å². The Kier molecular flexibility index (Phi) is 10.9. The number of carbonyl (C=O) groups is 2. The summed E-state index contributed by atoms with van der Waals surface area (Å²) in [6.07, 6.45) is 1.88. The molecule has 0 saturated heterocycles. The van der Waals surface area contributed by atoms with Crippen LogP contribution in [0.1, 0.15) is 31.4 Å². The maximum atomic E-state index is 14.8. The lowest BCUT2D eigenvalue weighted by Gasteiger charge is -2.34. The third kappa shape index (κ3) is 8.76. The zero-order valence-corrected chi connectivity index (χ0v) is 25.2. The Morgan fingerprint density at radius 1 is 0.974 bits per heavy atom. The summed E-state index contributed by atoms with van der Waals surface area (Å²) in [6, 6.07) is 20.8. The average molecular weight is 666 g/mol. The van der Waals surface area contributed by atoms with E-state index in [2.05, 4.69) is 27.9 Å². The lowest BCUT2D eigenvalue weighted by molar-refractivity contribution is -0.140. The van der Waals surface area contributed by atoms with Crippen molar-refractivity contribution in [2.75, 3.05) is 17.1 Å². The van der Waals surface area contributed by atoms with Crippen LogP contribution >= 0.6 is 22.6 Å². The molecule has 39 heavy (non-hydrogen) atoms. The molecule has 0 aliphatic rings. The molecule has 1 N–H and O–H groups in total. The lowest BCUT2D eigenvalue weighted by Crippen LogP contribution is -2.54. The van der Waals surface area contributed by atoms with Crippen LogP contribution in [0.15, 0.2) is 78.9 Å². The molecule has 0 radical (unpaired) electrons. The van der Waals surface area contributed by atoms with Gasteiger partial charge in [0.25, 0.3) is 0 Å². The van der Waals surface area contributed by atoms with Crippen molar-refractivity contribution in [1.29, 1.82) is 0 Å². The SMILES string of the molecule is CCC(C)NC(=O)C(Cc1ccccc1)N(Cc1ccccc1F)C(=O)CN(c1ccc(I)cc1)S(C)(=O)=O. The number of halogens is 2. The Bertz CT molecular complexity index is 1370. The number of hydrogen-bond donors (Lipinski definition) is 1. The number of nitrogens with zero attached hydrogens (tertiary/aromatic N) is 2. The van der Waals surface area contributed by atoms with Gasteiger partial charge in [-0.1, -0.05) is 55.5 Å². The quantitative estimate of drug-likeness (QED) is 0.283. The summed E-state index contributed by atoms with van der Waals surface area (Å²) in [5.74, 6) is -1.53. The Morgan fingerprint density at radius 3 is 2.18 bits per heavy atom. The molecular weight excluding hydrogens is 632 g/mol. The van der Waals surface area contributed by atoms with E-state index in [-0.39, 0.29) is 24.6 Å². The molecule has 2 atom stereocenters. The van der Waals surface area contributed by atoms with Gasteiger partial charge in [-0.05, 0) is 71.8 Å². The van der Waals surface area contributed by atoms with Crippen molar-refractivity contribution in [3.8, 4) is 0 Å². The van der Waals surface area contributed by atoms with Crippen molar-refractivity contribution in [2.45, 2.75) is 45.3 Å². The van der Waals surface area contributed by atoms with Crippen LogP contribution in [0.2, 0.25) is 0 Å². The minimum Gasteiger partial charge on any atom is -0.352 e. The molecule has 0 aliphatic heterocycles. The summed E-state index contributed by atoms with van der Waals surface area (Å²) < 4.78 is 42.2. The minimum absolute atomic E-state index is 0.152. The summed E-state index contributed by atoms with van der Waals surface area (Å²) in [6.45, 7) is 3.05. The molecule has 0 aliphatic carbocycles. The fourth-order valence-electron chi connectivity index (χ4n) is 4.03. The van der Waals surface area contributed by atoms with E-state index in [9.17, 15) is 22.4 Å². The maximum absolute atomic E-state index is 14.8. The standard InChI is InChI=1S/C29H33FIN3O4S/c1-4-21(2)32-29(36)27(18-22-10-6-5-7-11-22)33(19-23-12-8-9-13-26(23)30)28(35)20-34(39(3,37)38)25-16-14-24(31)15-17-25/h5-17,21,27H,4,18-20H2,1-3H3,(H,32,36). The molecule has 0 spiro atoms. The Balaban J connectivity index is 2.06. The van der Waals surface area contributed by atoms with Gasteiger partial charge in [0.1, 0.15) is 18.4 Å². The molecule has 0 bridgehead atoms. The third-order valence-corrected chi connectivity index (χ3v) is 8.22. The van der Waals surface area contributed by atoms with Gasteiger partial charge in [0.15, 0.2) is 0 Å². The predicted octanol–water partition coefficient (Wildman–Crippen LogP) is 4.75. The molecule has 208 valence electrons. The molecule has 2 unspecified atom stereocenters. The maximum Gasteiger partial charge on any atom is 0.244 e. The summed E-state index contributed by atoms with van der Waals surface area (Å²) in [5, 5.41) is 2.95. The molecule has 7 nitrogen and oxygen atoms in total. The van der Waals surface area contributed by atoms with E-state index in [1.807, 2.05) is 44.2 Å². The number of rotatable bonds is 12. The van der Waals surface area contributed by atoms with Crippen LogP contribution in [0.5, 0.6) is 0 Å². The first-order valence-corrected chi connectivity index (χ1v) is 15.5. The number of hydrogen-bond acceptors (Lipinski definition) is 4. The number of amides is 2. The first-order chi connectivity index (χ1) is 18.5. The van der Waals surface area contributed by atoms with E-state index in [0.29, 0.717) is 12.1 Å². The second-order valence-electron chi connectivity index (χ2n) is 9.38. The highest BCUT2D eigenvalue weighted by Gasteiger charge is 2.33. The summed E-state index contributed by atoms with van der Waals surface area (Å²) >= 11 is 2.11. The van der Waals surface area contributed by atoms with Crippen LogP contribution in [-0.4, -0.2) is 50.0 Å². The van der Waals surface area contributed by atoms with E-state index in [0.717, 1.165) is 19.7 Å². The van der Waals surface area contributed by atoms with Gasteiger partial charge >= 0.3 is 0 Å². The predicted molar refractivity (Wildman–Crippen MR) is 160 cm³/mol. The van der Waals surface area contributed by atoms with Crippen LogP contribution in [0.3, 0.4) is 0 Å². The topological polar surface area (TPSA) is 86.8 Å². The zero-order valence-electron chi connectivity index (χ0n) is 22.2. The van der Waals surface area contributed by atoms with Crippen molar-refractivity contribution < 1.29 is 22.4 Å². The second-order valence-corrected chi connectivity index (χ2v) is 12.5. The highest BCUT2D eigenvalue weighted by Crippen LogP contribution is 2.22. The van der Waals surface area contributed by atoms with Gasteiger partial charge in [0.2, 0.25) is 21.8 Å². The molecule has 0 heterocycles. The van der Waals surface area contributed by atoms with Gasteiger partial charge in [-0.25, -0.2) is 12.8 Å². The smallest absolute Gasteiger partial charge is 0.244 e. The molecular formula is C29H33FIN3O4S. The number of carbonyl (C=O) groups excluding carboxylic acids is 2. The number of sulfonamides is 1. The summed E-state index contributed by atoms with van der Waals surface area (Å²) in [5.41, 5.74) is 1.35. The molecule has 2 amide bonds. The highest BCUT2D eigenvalue weighted by molar-refractivity contribution is 14.1. The van der Waals surface area contributed by atoms with Crippen LogP contribution < -0.4 is 9.62 Å². The molecule has 3 rings (SSSR count). The zero-order chi connectivity index (χ0) is 28.6. The number of nitrogens with one attached hydrogen (secondary N) is 1. The highest BCUT2D eigenvalue weighted by atomic mass is 127. The lowest BCUT2D eigenvalue weighted by atomic mass is 10.0. The van der Waals surface area contributed by atoms with Crippen LogP contribution in [0.4, 0.5) is 10.1 Å². The van der Waals surface area contributed by atoms with E-state index < -0.39 is 40.2 Å². The first kappa shape index (κ1) is 30.6. The molecule has 10 heteroatoms. The van der Waals surface area contributed by atoms with Crippen molar-refractivity contribution >= 4 is 50.1 Å². The Morgan fingerprint density at radius 2 is 1.59 bits per heavy atom. The Hall–Kier alpha value is -2.99. The van der Waals surface area contributed by atoms with Gasteiger partial charge in [0, 0.05) is 28.1 Å². The van der Waals surface area contributed by atoms with Crippen LogP contribution in [0, 0.1) is 9.39 Å². The minimum atomic E-state index is -3.86. The Labute approximate surface area is 243 Å². The fourth-order valence-corrected chi connectivity index (χ4v) is 5.24. The fraction of sp³-hybridized carbons (Fsp3) is 0.310. The van der Waals surface area contributed by atoms with Gasteiger partial charge in [-0.2, -0.15) is 0 Å². The largest absolute Gasteiger partial charge is 0.352 e. The van der Waals surface area contributed by atoms with Gasteiger partial charge in [-0.3, -0.25) is 13.9 Å². The van der Waals surface area contributed by atoms with Crippen molar-refractivity contribution in [1.82, 2.24) is 10.2 Å². The molecule has 0 aromatic heterocycles. The van der Waals surface area contributed by atoms with Gasteiger partial charge in [0.05, 0.1) is 11.9 Å². The monoisotopic (exact) mass is 665 g/mol. The van der Waals surface area contributed by atoms with Crippen molar-refractivity contribution in [2.24, 2.45) is 0 Å². The number of benzene rings is 3. The third-order valence-electron chi connectivity index (χ3n) is 6.36. The molecule has 0 saturated carbocycles.